The lowest BCUT2D eigenvalue weighted by molar-refractivity contribution is -0.119. The fraction of sp³-hybridized carbons (Fsp3) is 0.500. The molecule has 1 atom stereocenters. The number of amides is 2. The fourth-order valence-corrected chi connectivity index (χ4v) is 3.51. The molecular formula is C20H27N5O3. The summed E-state index contributed by atoms with van der Waals surface area (Å²) in [4.78, 5) is 32.7. The molecule has 4 N–H and O–H groups in total. The largest absolute Gasteiger partial charge is 0.394 e. The fourth-order valence-electron chi connectivity index (χ4n) is 3.51. The smallest absolute Gasteiger partial charge is 0.253 e. The Bertz CT molecular complexity index is 849. The van der Waals surface area contributed by atoms with Gasteiger partial charge in [-0.25, -0.2) is 9.97 Å². The maximum atomic E-state index is 12.5. The third-order valence-electron chi connectivity index (χ3n) is 4.97. The summed E-state index contributed by atoms with van der Waals surface area (Å²) in [5.74, 6) is 0.231. The van der Waals surface area contributed by atoms with E-state index in [2.05, 4.69) is 25.9 Å². The summed E-state index contributed by atoms with van der Waals surface area (Å²) in [5.41, 5.74) is 1.03. The van der Waals surface area contributed by atoms with Crippen LogP contribution in [0.4, 0.5) is 5.95 Å². The van der Waals surface area contributed by atoms with Crippen LogP contribution in [0.2, 0.25) is 0 Å². The Hall–Kier alpha value is -2.74. The van der Waals surface area contributed by atoms with E-state index in [1.165, 1.54) is 0 Å². The number of aliphatic hydroxyl groups is 1. The molecule has 0 bridgehead atoms. The number of anilines is 1. The van der Waals surface area contributed by atoms with E-state index in [1.54, 1.807) is 32.2 Å². The Labute approximate surface area is 164 Å². The monoisotopic (exact) mass is 385 g/mol. The molecule has 1 aromatic carbocycles. The standard InChI is InChI=1S/C20H27N5O3/c1-12(11-26)22-19(28)17-5-3-4-14-10-21-20(25-18(14)17)24-16-8-6-15(7-9-16)23-13(2)27/h3-5,10,12,15-16,26H,6-9,11H2,1-2H3,(H,22,28)(H,23,27)(H,21,24,25)/t12-,15-,16-/m0/s1. The second kappa shape index (κ2) is 8.97. The average Bonchev–Trinajstić information content (AvgIpc) is 2.68. The quantitative estimate of drug-likeness (QED) is 0.600. The average molecular weight is 385 g/mol. The summed E-state index contributed by atoms with van der Waals surface area (Å²) in [6, 6.07) is 5.51. The third-order valence-corrected chi connectivity index (χ3v) is 4.97. The molecule has 1 aliphatic rings. The number of rotatable bonds is 6. The van der Waals surface area contributed by atoms with Gasteiger partial charge in [0.2, 0.25) is 11.9 Å². The van der Waals surface area contributed by atoms with Crippen LogP contribution in [0.15, 0.2) is 24.4 Å². The van der Waals surface area contributed by atoms with Crippen LogP contribution >= 0.6 is 0 Å². The minimum Gasteiger partial charge on any atom is -0.394 e. The van der Waals surface area contributed by atoms with E-state index in [1.807, 2.05) is 6.07 Å². The van der Waals surface area contributed by atoms with Crippen molar-refractivity contribution in [1.82, 2.24) is 20.6 Å². The predicted octanol–water partition coefficient (Wildman–Crippen LogP) is 1.60. The summed E-state index contributed by atoms with van der Waals surface area (Å²) in [7, 11) is 0. The number of carbonyl (C=O) groups excluding carboxylic acids is 2. The lowest BCUT2D eigenvalue weighted by Crippen LogP contribution is -2.39. The molecule has 8 heteroatoms. The molecule has 1 fully saturated rings. The Balaban J connectivity index is 1.72. The van der Waals surface area contributed by atoms with Crippen LogP contribution in [-0.4, -0.2) is 51.6 Å². The zero-order valence-electron chi connectivity index (χ0n) is 16.2. The molecule has 1 saturated carbocycles. The number of benzene rings is 1. The Morgan fingerprint density at radius 2 is 1.93 bits per heavy atom. The van der Waals surface area contributed by atoms with E-state index in [0.29, 0.717) is 17.0 Å². The van der Waals surface area contributed by atoms with Crippen molar-refractivity contribution in [3.63, 3.8) is 0 Å². The lowest BCUT2D eigenvalue weighted by atomic mass is 9.91. The molecule has 2 amide bonds. The molecule has 0 spiro atoms. The van der Waals surface area contributed by atoms with Gasteiger partial charge in [0.1, 0.15) is 0 Å². The van der Waals surface area contributed by atoms with Gasteiger partial charge in [-0.15, -0.1) is 0 Å². The second-order valence-electron chi connectivity index (χ2n) is 7.39. The first-order valence-electron chi connectivity index (χ1n) is 9.67. The minimum atomic E-state index is -0.332. The Morgan fingerprint density at radius 3 is 2.61 bits per heavy atom. The molecule has 0 aliphatic heterocycles. The van der Waals surface area contributed by atoms with Crippen molar-refractivity contribution in [2.45, 2.75) is 57.7 Å². The van der Waals surface area contributed by atoms with E-state index >= 15 is 0 Å². The van der Waals surface area contributed by atoms with Gasteiger partial charge in [-0.2, -0.15) is 0 Å². The van der Waals surface area contributed by atoms with Crippen molar-refractivity contribution in [3.8, 4) is 0 Å². The molecular weight excluding hydrogens is 358 g/mol. The van der Waals surface area contributed by atoms with Crippen LogP contribution in [0, 0.1) is 0 Å². The predicted molar refractivity (Wildman–Crippen MR) is 107 cm³/mol. The molecule has 0 saturated heterocycles. The Morgan fingerprint density at radius 1 is 1.21 bits per heavy atom. The molecule has 3 rings (SSSR count). The zero-order chi connectivity index (χ0) is 20.1. The molecule has 1 aliphatic carbocycles. The van der Waals surface area contributed by atoms with Crippen LogP contribution in [0.1, 0.15) is 49.9 Å². The molecule has 1 heterocycles. The number of carbonyl (C=O) groups is 2. The van der Waals surface area contributed by atoms with Crippen molar-refractivity contribution in [3.05, 3.63) is 30.0 Å². The molecule has 8 nitrogen and oxygen atoms in total. The summed E-state index contributed by atoms with van der Waals surface area (Å²) in [6.07, 6.45) is 5.37. The number of nitrogens with zero attached hydrogens (tertiary/aromatic N) is 2. The minimum absolute atomic E-state index is 0.00981. The SMILES string of the molecule is CC(=O)N[C@H]1CC[C@H](Nc2ncc3cccc(C(=O)N[C@@H](C)CO)c3n2)CC1. The van der Waals surface area contributed by atoms with Crippen LogP contribution in [-0.2, 0) is 4.79 Å². The second-order valence-corrected chi connectivity index (χ2v) is 7.39. The number of aromatic nitrogens is 2. The summed E-state index contributed by atoms with van der Waals surface area (Å²) in [6.45, 7) is 3.16. The highest BCUT2D eigenvalue weighted by Crippen LogP contribution is 2.23. The highest BCUT2D eigenvalue weighted by molar-refractivity contribution is 6.05. The molecule has 0 unspecified atom stereocenters. The van der Waals surface area contributed by atoms with Gasteiger partial charge in [0, 0.05) is 36.6 Å². The zero-order valence-corrected chi connectivity index (χ0v) is 16.2. The summed E-state index contributed by atoms with van der Waals surface area (Å²) < 4.78 is 0. The lowest BCUT2D eigenvalue weighted by Gasteiger charge is -2.29. The molecule has 2 aromatic rings. The maximum absolute atomic E-state index is 12.5. The number of fused-ring (bicyclic) bond motifs is 1. The summed E-state index contributed by atoms with van der Waals surface area (Å²) >= 11 is 0. The van der Waals surface area contributed by atoms with Crippen molar-refractivity contribution < 1.29 is 14.7 Å². The first kappa shape index (κ1) is 20.0. The van der Waals surface area contributed by atoms with Gasteiger partial charge in [0.25, 0.3) is 5.91 Å². The highest BCUT2D eigenvalue weighted by atomic mass is 16.3. The number of hydrogen-bond donors (Lipinski definition) is 4. The van der Waals surface area contributed by atoms with E-state index in [0.717, 1.165) is 31.1 Å². The molecule has 1 aromatic heterocycles. The van der Waals surface area contributed by atoms with Gasteiger partial charge in [0.05, 0.1) is 17.7 Å². The van der Waals surface area contributed by atoms with Crippen molar-refractivity contribution in [2.24, 2.45) is 0 Å². The van der Waals surface area contributed by atoms with Gasteiger partial charge < -0.3 is 21.1 Å². The molecule has 28 heavy (non-hydrogen) atoms. The van der Waals surface area contributed by atoms with E-state index in [9.17, 15) is 9.59 Å². The van der Waals surface area contributed by atoms with E-state index in [4.69, 9.17) is 5.11 Å². The molecule has 0 radical (unpaired) electrons. The topological polar surface area (TPSA) is 116 Å². The number of nitrogens with one attached hydrogen (secondary N) is 3. The highest BCUT2D eigenvalue weighted by Gasteiger charge is 2.22. The van der Waals surface area contributed by atoms with E-state index in [-0.39, 0.29) is 36.5 Å². The van der Waals surface area contributed by atoms with Gasteiger partial charge in [0.15, 0.2) is 0 Å². The van der Waals surface area contributed by atoms with Crippen LogP contribution in [0.3, 0.4) is 0 Å². The van der Waals surface area contributed by atoms with Crippen LogP contribution < -0.4 is 16.0 Å². The van der Waals surface area contributed by atoms with Crippen molar-refractivity contribution in [2.75, 3.05) is 11.9 Å². The van der Waals surface area contributed by atoms with Gasteiger partial charge in [-0.05, 0) is 38.7 Å². The van der Waals surface area contributed by atoms with Crippen LogP contribution in [0.25, 0.3) is 10.9 Å². The summed E-state index contributed by atoms with van der Waals surface area (Å²) in [5, 5.41) is 19.0. The first-order valence-corrected chi connectivity index (χ1v) is 9.67. The van der Waals surface area contributed by atoms with E-state index < -0.39 is 0 Å². The van der Waals surface area contributed by atoms with Gasteiger partial charge in [-0.3, -0.25) is 9.59 Å². The molecule has 150 valence electrons. The number of para-hydroxylation sites is 1. The first-order chi connectivity index (χ1) is 13.5. The Kier molecular flexibility index (Phi) is 6.41. The third kappa shape index (κ3) is 4.95. The van der Waals surface area contributed by atoms with Gasteiger partial charge in [-0.1, -0.05) is 12.1 Å². The number of hydrogen-bond acceptors (Lipinski definition) is 6. The van der Waals surface area contributed by atoms with Crippen molar-refractivity contribution in [1.29, 1.82) is 0 Å². The van der Waals surface area contributed by atoms with Crippen molar-refractivity contribution >= 4 is 28.7 Å². The van der Waals surface area contributed by atoms with Gasteiger partial charge >= 0.3 is 0 Å². The normalized spacial score (nSPS) is 20.4. The maximum Gasteiger partial charge on any atom is 0.253 e. The van der Waals surface area contributed by atoms with Crippen LogP contribution in [0.5, 0.6) is 0 Å². The number of aliphatic hydroxyl groups excluding tert-OH is 1.